The van der Waals surface area contributed by atoms with E-state index in [0.717, 1.165) is 21.9 Å². The molecule has 8 nitrogen and oxygen atoms in total. The lowest BCUT2D eigenvalue weighted by atomic mass is 10.2. The molecule has 0 fully saturated rings. The van der Waals surface area contributed by atoms with Crippen molar-refractivity contribution in [2.75, 3.05) is 6.79 Å². The molecular weight excluding hydrogens is 384 g/mol. The van der Waals surface area contributed by atoms with Gasteiger partial charge >= 0.3 is 0 Å². The molecule has 0 saturated heterocycles. The van der Waals surface area contributed by atoms with E-state index in [2.05, 4.69) is 10.4 Å². The highest BCUT2D eigenvalue weighted by molar-refractivity contribution is 6.08. The lowest BCUT2D eigenvalue weighted by Crippen LogP contribution is -2.32. The summed E-state index contributed by atoms with van der Waals surface area (Å²) in [7, 11) is 1.61. The van der Waals surface area contributed by atoms with Gasteiger partial charge in [0, 0.05) is 24.4 Å². The molecular formula is C22H20N4O4. The number of ether oxygens (including phenoxy) is 2. The largest absolute Gasteiger partial charge is 0.454 e. The SMILES string of the molecule is C[C@H](C(=O)NCc1ccc2c(c1)OCO2)n1c2ccccc2c2cnn(C)c(=O)c21. The van der Waals surface area contributed by atoms with Crippen molar-refractivity contribution in [3.05, 3.63) is 64.6 Å². The second-order valence-corrected chi connectivity index (χ2v) is 7.30. The van der Waals surface area contributed by atoms with Gasteiger partial charge in [0.1, 0.15) is 11.6 Å². The average molecular weight is 404 g/mol. The number of fused-ring (bicyclic) bond motifs is 4. The first-order chi connectivity index (χ1) is 14.5. The maximum Gasteiger partial charge on any atom is 0.291 e. The molecule has 1 atom stereocenters. The van der Waals surface area contributed by atoms with E-state index in [4.69, 9.17) is 9.47 Å². The van der Waals surface area contributed by atoms with Gasteiger partial charge < -0.3 is 19.4 Å². The number of nitrogens with zero attached hydrogens (tertiary/aromatic N) is 3. The van der Waals surface area contributed by atoms with E-state index >= 15 is 0 Å². The van der Waals surface area contributed by atoms with Crippen LogP contribution in [0.3, 0.4) is 0 Å². The van der Waals surface area contributed by atoms with Crippen LogP contribution in [0.25, 0.3) is 21.8 Å². The molecule has 152 valence electrons. The van der Waals surface area contributed by atoms with Crippen LogP contribution in [-0.4, -0.2) is 27.0 Å². The lowest BCUT2D eigenvalue weighted by Gasteiger charge is -2.17. The average Bonchev–Trinajstić information content (AvgIpc) is 3.36. The Balaban J connectivity index is 1.49. The molecule has 0 spiro atoms. The molecule has 5 rings (SSSR count). The van der Waals surface area contributed by atoms with E-state index in [1.54, 1.807) is 24.7 Å². The molecule has 8 heteroatoms. The molecule has 3 heterocycles. The van der Waals surface area contributed by atoms with Gasteiger partial charge in [0.2, 0.25) is 12.7 Å². The van der Waals surface area contributed by atoms with Crippen LogP contribution in [0.2, 0.25) is 0 Å². The number of rotatable bonds is 4. The number of hydrogen-bond donors (Lipinski definition) is 1. The Labute approximate surface area is 171 Å². The molecule has 4 aromatic rings. The summed E-state index contributed by atoms with van der Waals surface area (Å²) >= 11 is 0. The molecule has 0 aliphatic carbocycles. The van der Waals surface area contributed by atoms with E-state index < -0.39 is 6.04 Å². The molecule has 2 aromatic carbocycles. The van der Waals surface area contributed by atoms with Crippen molar-refractivity contribution in [2.45, 2.75) is 19.5 Å². The molecule has 1 aliphatic rings. The van der Waals surface area contributed by atoms with Crippen molar-refractivity contribution in [2.24, 2.45) is 7.05 Å². The Hall–Kier alpha value is -3.81. The van der Waals surface area contributed by atoms with Gasteiger partial charge in [0.15, 0.2) is 11.5 Å². The zero-order valence-electron chi connectivity index (χ0n) is 16.6. The summed E-state index contributed by atoms with van der Waals surface area (Å²) in [5, 5.41) is 8.74. The number of benzene rings is 2. The van der Waals surface area contributed by atoms with Crippen molar-refractivity contribution in [1.29, 1.82) is 0 Å². The van der Waals surface area contributed by atoms with E-state index in [1.165, 1.54) is 4.68 Å². The van der Waals surface area contributed by atoms with Gasteiger partial charge in [0.05, 0.1) is 11.7 Å². The van der Waals surface area contributed by atoms with Crippen LogP contribution in [-0.2, 0) is 18.4 Å². The van der Waals surface area contributed by atoms with E-state index in [1.807, 2.05) is 42.5 Å². The number of para-hydroxylation sites is 1. The van der Waals surface area contributed by atoms with Crippen LogP contribution in [0.4, 0.5) is 0 Å². The highest BCUT2D eigenvalue weighted by Crippen LogP contribution is 2.33. The molecule has 2 aromatic heterocycles. The summed E-state index contributed by atoms with van der Waals surface area (Å²) in [6.07, 6.45) is 1.67. The summed E-state index contributed by atoms with van der Waals surface area (Å²) in [6.45, 7) is 2.34. The minimum Gasteiger partial charge on any atom is -0.454 e. The number of aromatic nitrogens is 3. The number of carbonyl (C=O) groups excluding carboxylic acids is 1. The zero-order valence-corrected chi connectivity index (χ0v) is 16.6. The second-order valence-electron chi connectivity index (χ2n) is 7.30. The van der Waals surface area contributed by atoms with Gasteiger partial charge in [-0.3, -0.25) is 9.59 Å². The third kappa shape index (κ3) is 2.80. The first-order valence-corrected chi connectivity index (χ1v) is 9.66. The Kier molecular flexibility index (Phi) is 4.20. The number of aryl methyl sites for hydroxylation is 1. The smallest absolute Gasteiger partial charge is 0.291 e. The Morgan fingerprint density at radius 1 is 1.17 bits per heavy atom. The summed E-state index contributed by atoms with van der Waals surface area (Å²) < 4.78 is 13.8. The Morgan fingerprint density at radius 2 is 1.97 bits per heavy atom. The zero-order chi connectivity index (χ0) is 20.8. The van der Waals surface area contributed by atoms with E-state index in [0.29, 0.717) is 23.6 Å². The summed E-state index contributed by atoms with van der Waals surface area (Å²) in [5.41, 5.74) is 1.96. The minimum atomic E-state index is -0.587. The number of nitrogens with one attached hydrogen (secondary N) is 1. The molecule has 30 heavy (non-hydrogen) atoms. The molecule has 0 radical (unpaired) electrons. The molecule has 0 bridgehead atoms. The maximum absolute atomic E-state index is 13.0. The maximum atomic E-state index is 13.0. The molecule has 1 aliphatic heterocycles. The summed E-state index contributed by atoms with van der Waals surface area (Å²) in [6, 6.07) is 12.6. The van der Waals surface area contributed by atoms with Crippen molar-refractivity contribution < 1.29 is 14.3 Å². The molecule has 1 amide bonds. The fourth-order valence-electron chi connectivity index (χ4n) is 3.90. The van der Waals surface area contributed by atoms with E-state index in [9.17, 15) is 9.59 Å². The fraction of sp³-hybridized carbons (Fsp3) is 0.227. The third-order valence-electron chi connectivity index (χ3n) is 5.48. The van der Waals surface area contributed by atoms with Gasteiger partial charge in [0.25, 0.3) is 5.56 Å². The Bertz CT molecular complexity index is 1350. The van der Waals surface area contributed by atoms with Crippen LogP contribution >= 0.6 is 0 Å². The predicted molar refractivity (Wildman–Crippen MR) is 112 cm³/mol. The normalized spacial score (nSPS) is 13.7. The number of carbonyl (C=O) groups is 1. The van der Waals surface area contributed by atoms with Crippen LogP contribution in [0, 0.1) is 0 Å². The quantitative estimate of drug-likeness (QED) is 0.565. The van der Waals surface area contributed by atoms with Crippen LogP contribution in [0.1, 0.15) is 18.5 Å². The molecule has 1 N–H and O–H groups in total. The van der Waals surface area contributed by atoms with Crippen LogP contribution in [0.15, 0.2) is 53.5 Å². The Morgan fingerprint density at radius 3 is 2.83 bits per heavy atom. The standard InChI is InChI=1S/C22H20N4O4/c1-13(21(27)23-10-14-7-8-18-19(9-14)30-12-29-18)26-17-6-4-3-5-15(17)16-11-24-25(2)22(28)20(16)26/h3-9,11,13H,10,12H2,1-2H3,(H,23,27)/t13-/m1/s1. The summed E-state index contributed by atoms with van der Waals surface area (Å²) in [4.78, 5) is 25.9. The first kappa shape index (κ1) is 18.2. The van der Waals surface area contributed by atoms with Crippen LogP contribution in [0.5, 0.6) is 11.5 Å². The third-order valence-corrected chi connectivity index (χ3v) is 5.48. The van der Waals surface area contributed by atoms with Gasteiger partial charge in [-0.25, -0.2) is 4.68 Å². The predicted octanol–water partition coefficient (Wildman–Crippen LogP) is 2.49. The van der Waals surface area contributed by atoms with Crippen molar-refractivity contribution >= 4 is 27.7 Å². The minimum absolute atomic E-state index is 0.186. The van der Waals surface area contributed by atoms with Crippen molar-refractivity contribution in [1.82, 2.24) is 19.7 Å². The van der Waals surface area contributed by atoms with Crippen molar-refractivity contribution in [3.63, 3.8) is 0 Å². The highest BCUT2D eigenvalue weighted by Gasteiger charge is 2.23. The van der Waals surface area contributed by atoms with Crippen LogP contribution < -0.4 is 20.3 Å². The lowest BCUT2D eigenvalue weighted by molar-refractivity contribution is -0.123. The van der Waals surface area contributed by atoms with Gasteiger partial charge in [-0.15, -0.1) is 0 Å². The van der Waals surface area contributed by atoms with Gasteiger partial charge in [-0.2, -0.15) is 5.10 Å². The van der Waals surface area contributed by atoms with E-state index in [-0.39, 0.29) is 18.3 Å². The number of hydrogen-bond acceptors (Lipinski definition) is 5. The van der Waals surface area contributed by atoms with Crippen molar-refractivity contribution in [3.8, 4) is 11.5 Å². The monoisotopic (exact) mass is 404 g/mol. The summed E-state index contributed by atoms with van der Waals surface area (Å²) in [5.74, 6) is 1.19. The van der Waals surface area contributed by atoms with Gasteiger partial charge in [-0.05, 0) is 30.7 Å². The topological polar surface area (TPSA) is 87.4 Å². The molecule has 0 saturated carbocycles. The second kappa shape index (κ2) is 6.91. The number of amides is 1. The fourth-order valence-corrected chi connectivity index (χ4v) is 3.90. The van der Waals surface area contributed by atoms with Gasteiger partial charge in [-0.1, -0.05) is 24.3 Å². The molecule has 0 unspecified atom stereocenters. The highest BCUT2D eigenvalue weighted by atomic mass is 16.7. The first-order valence-electron chi connectivity index (χ1n) is 9.66.